The molecule has 0 amide bonds. The van der Waals surface area contributed by atoms with Crippen LogP contribution in [0.3, 0.4) is 0 Å². The van der Waals surface area contributed by atoms with Gasteiger partial charge in [-0.2, -0.15) is 0 Å². The number of carbonyl (C=O) groups is 2. The predicted octanol–water partition coefficient (Wildman–Crippen LogP) is -1.26. The van der Waals surface area contributed by atoms with Crippen molar-refractivity contribution in [3.63, 3.8) is 0 Å². The first-order chi connectivity index (χ1) is 15.9. The molecular formula is C20H20O14. The number of aliphatic hydroxyl groups excluding tert-OH is 3. The summed E-state index contributed by atoms with van der Waals surface area (Å²) in [6, 6.07) is 2.96. The maximum Gasteiger partial charge on any atom is 0.340 e. The van der Waals surface area contributed by atoms with Crippen molar-refractivity contribution in [1.82, 2.24) is 0 Å². The molecule has 0 aromatic heterocycles. The van der Waals surface area contributed by atoms with Crippen LogP contribution in [0.15, 0.2) is 24.3 Å². The number of rotatable bonds is 5. The number of phenolic OH excluding ortho intramolecular Hbond substituents is 6. The molecular weight excluding hydrogens is 464 g/mol. The second-order valence-electron chi connectivity index (χ2n) is 7.21. The number of aliphatic hydroxyl groups is 3. The van der Waals surface area contributed by atoms with Gasteiger partial charge in [-0.25, -0.2) is 9.59 Å². The van der Waals surface area contributed by atoms with Crippen LogP contribution in [-0.4, -0.2) is 95.2 Å². The Bertz CT molecular complexity index is 1050. The number of ether oxygens (including phenoxy) is 3. The summed E-state index contributed by atoms with van der Waals surface area (Å²) < 4.78 is 15.1. The van der Waals surface area contributed by atoms with Gasteiger partial charge in [0.15, 0.2) is 46.7 Å². The summed E-state index contributed by atoms with van der Waals surface area (Å²) in [6.45, 7) is -0.864. The van der Waals surface area contributed by atoms with Gasteiger partial charge in [-0.15, -0.1) is 0 Å². The monoisotopic (exact) mass is 484 g/mol. The van der Waals surface area contributed by atoms with E-state index >= 15 is 0 Å². The summed E-state index contributed by atoms with van der Waals surface area (Å²) in [4.78, 5) is 24.8. The molecule has 1 aliphatic heterocycles. The van der Waals surface area contributed by atoms with Crippen LogP contribution in [0.1, 0.15) is 20.7 Å². The van der Waals surface area contributed by atoms with Gasteiger partial charge in [-0.1, -0.05) is 0 Å². The van der Waals surface area contributed by atoms with E-state index in [1.807, 2.05) is 0 Å². The summed E-state index contributed by atoms with van der Waals surface area (Å²) in [7, 11) is 0. The van der Waals surface area contributed by atoms with Crippen LogP contribution in [-0.2, 0) is 14.2 Å². The van der Waals surface area contributed by atoms with Gasteiger partial charge >= 0.3 is 11.9 Å². The normalized spacial score (nSPS) is 24.4. The van der Waals surface area contributed by atoms with Crippen molar-refractivity contribution < 1.29 is 69.8 Å². The molecule has 0 aliphatic carbocycles. The molecule has 3 rings (SSSR count). The van der Waals surface area contributed by atoms with Gasteiger partial charge in [-0.05, 0) is 24.3 Å². The first kappa shape index (κ1) is 24.7. The molecule has 0 radical (unpaired) electrons. The van der Waals surface area contributed by atoms with Crippen LogP contribution in [0.5, 0.6) is 34.5 Å². The first-order valence-corrected chi connectivity index (χ1v) is 9.48. The molecule has 34 heavy (non-hydrogen) atoms. The van der Waals surface area contributed by atoms with E-state index in [0.29, 0.717) is 0 Å². The Hall–Kier alpha value is -3.98. The highest BCUT2D eigenvalue weighted by Gasteiger charge is 2.48. The minimum absolute atomic E-state index is 0.473. The molecule has 2 aromatic rings. The highest BCUT2D eigenvalue weighted by molar-refractivity contribution is 5.92. The summed E-state index contributed by atoms with van der Waals surface area (Å²) in [5.74, 6) is -7.79. The number of hydrogen-bond donors (Lipinski definition) is 9. The Balaban J connectivity index is 1.82. The van der Waals surface area contributed by atoms with E-state index in [9.17, 15) is 55.5 Å². The van der Waals surface area contributed by atoms with Crippen LogP contribution < -0.4 is 0 Å². The number of carbonyl (C=O) groups excluding carboxylic acids is 2. The standard InChI is InChI=1S/C20H20O14/c21-5-12-15(28)17(33-18(30)6-1-8(22)13(26)9(23)2-6)16(29)20(32-12)34-19(31)7-3-10(24)14(27)11(25)4-7/h1-4,12,15-17,20-29H,5H2. The van der Waals surface area contributed by atoms with Crippen molar-refractivity contribution in [3.05, 3.63) is 35.4 Å². The fourth-order valence-electron chi connectivity index (χ4n) is 3.10. The zero-order valence-electron chi connectivity index (χ0n) is 17.0. The minimum Gasteiger partial charge on any atom is -0.504 e. The Morgan fingerprint density at radius 3 is 1.56 bits per heavy atom. The molecule has 184 valence electrons. The van der Waals surface area contributed by atoms with Gasteiger partial charge < -0.3 is 60.2 Å². The van der Waals surface area contributed by atoms with Crippen LogP contribution in [0.2, 0.25) is 0 Å². The fraction of sp³-hybridized carbons (Fsp3) is 0.300. The molecule has 1 fully saturated rings. The molecule has 5 unspecified atom stereocenters. The van der Waals surface area contributed by atoms with Crippen LogP contribution in [0, 0.1) is 0 Å². The number of aromatic hydroxyl groups is 6. The van der Waals surface area contributed by atoms with E-state index < -0.39 is 94.9 Å². The lowest BCUT2D eigenvalue weighted by Gasteiger charge is -2.40. The third kappa shape index (κ3) is 4.69. The second kappa shape index (κ2) is 9.48. The summed E-state index contributed by atoms with van der Waals surface area (Å²) in [5.41, 5.74) is -0.957. The average molecular weight is 484 g/mol. The van der Waals surface area contributed by atoms with Gasteiger partial charge in [-0.3, -0.25) is 0 Å². The first-order valence-electron chi connectivity index (χ1n) is 9.48. The highest BCUT2D eigenvalue weighted by Crippen LogP contribution is 2.37. The van der Waals surface area contributed by atoms with Crippen molar-refractivity contribution in [3.8, 4) is 34.5 Å². The Kier molecular flexibility index (Phi) is 6.88. The van der Waals surface area contributed by atoms with Crippen molar-refractivity contribution >= 4 is 11.9 Å². The number of hydrogen-bond acceptors (Lipinski definition) is 14. The lowest BCUT2D eigenvalue weighted by Crippen LogP contribution is -2.60. The summed E-state index contributed by atoms with van der Waals surface area (Å²) in [5, 5.41) is 87.2. The second-order valence-corrected chi connectivity index (χ2v) is 7.21. The maximum absolute atomic E-state index is 12.4. The topological polar surface area (TPSA) is 244 Å². The van der Waals surface area contributed by atoms with Gasteiger partial charge in [0, 0.05) is 0 Å². The van der Waals surface area contributed by atoms with Crippen LogP contribution in [0.4, 0.5) is 0 Å². The van der Waals surface area contributed by atoms with Gasteiger partial charge in [0.25, 0.3) is 0 Å². The molecule has 5 atom stereocenters. The van der Waals surface area contributed by atoms with Crippen molar-refractivity contribution in [2.75, 3.05) is 6.61 Å². The van der Waals surface area contributed by atoms with Gasteiger partial charge in [0.1, 0.15) is 12.2 Å². The van der Waals surface area contributed by atoms with E-state index in [1.165, 1.54) is 0 Å². The minimum atomic E-state index is -2.02. The molecule has 1 heterocycles. The predicted molar refractivity (Wildman–Crippen MR) is 105 cm³/mol. The van der Waals surface area contributed by atoms with E-state index in [4.69, 9.17) is 14.2 Å². The highest BCUT2D eigenvalue weighted by atomic mass is 16.7. The third-order valence-corrected chi connectivity index (χ3v) is 4.90. The number of esters is 2. The van der Waals surface area contributed by atoms with E-state index in [1.54, 1.807) is 0 Å². The van der Waals surface area contributed by atoms with Crippen molar-refractivity contribution in [2.24, 2.45) is 0 Å². The molecule has 1 aliphatic rings. The van der Waals surface area contributed by atoms with Gasteiger partial charge in [0.2, 0.25) is 6.29 Å². The molecule has 0 saturated carbocycles. The Morgan fingerprint density at radius 2 is 1.15 bits per heavy atom. The fourth-order valence-corrected chi connectivity index (χ4v) is 3.10. The molecule has 1 saturated heterocycles. The quantitative estimate of drug-likeness (QED) is 0.178. The molecule has 14 heteroatoms. The van der Waals surface area contributed by atoms with E-state index in [-0.39, 0.29) is 0 Å². The third-order valence-electron chi connectivity index (χ3n) is 4.90. The molecule has 9 N–H and O–H groups in total. The Morgan fingerprint density at radius 1 is 0.735 bits per heavy atom. The Labute approximate surface area is 189 Å². The largest absolute Gasteiger partial charge is 0.504 e. The molecule has 2 aromatic carbocycles. The van der Waals surface area contributed by atoms with Gasteiger partial charge in [0.05, 0.1) is 17.7 Å². The number of benzene rings is 2. The summed E-state index contributed by atoms with van der Waals surface area (Å²) in [6.07, 6.45) is -9.13. The molecule has 0 bridgehead atoms. The van der Waals surface area contributed by atoms with Crippen LogP contribution in [0.25, 0.3) is 0 Å². The smallest absolute Gasteiger partial charge is 0.340 e. The average Bonchev–Trinajstić information content (AvgIpc) is 2.79. The zero-order chi connectivity index (χ0) is 25.3. The lowest BCUT2D eigenvalue weighted by molar-refractivity contribution is -0.284. The molecule has 0 spiro atoms. The van der Waals surface area contributed by atoms with E-state index in [2.05, 4.69) is 0 Å². The number of phenols is 6. The van der Waals surface area contributed by atoms with Crippen LogP contribution >= 0.6 is 0 Å². The lowest BCUT2D eigenvalue weighted by atomic mass is 9.98. The van der Waals surface area contributed by atoms with Crippen molar-refractivity contribution in [1.29, 1.82) is 0 Å². The SMILES string of the molecule is O=C(OC1OC(CO)C(O)C(OC(=O)c2cc(O)c(O)c(O)c2)C1O)c1cc(O)c(O)c(O)c1. The maximum atomic E-state index is 12.4. The zero-order valence-corrected chi connectivity index (χ0v) is 17.0. The van der Waals surface area contributed by atoms with Crippen molar-refractivity contribution in [2.45, 2.75) is 30.7 Å². The molecule has 14 nitrogen and oxygen atoms in total. The summed E-state index contributed by atoms with van der Waals surface area (Å²) >= 11 is 0. The van der Waals surface area contributed by atoms with E-state index in [0.717, 1.165) is 24.3 Å².